The van der Waals surface area contributed by atoms with Crippen molar-refractivity contribution in [3.05, 3.63) is 48.5 Å². The first kappa shape index (κ1) is 18.6. The number of ether oxygens (including phenoxy) is 2. The van der Waals surface area contributed by atoms with Gasteiger partial charge in [-0.1, -0.05) is 25.1 Å². The molecule has 2 N–H and O–H groups in total. The Kier molecular flexibility index (Phi) is 7.14. The number of hydrogen-bond acceptors (Lipinski definition) is 4. The number of para-hydroxylation sites is 2. The summed E-state index contributed by atoms with van der Waals surface area (Å²) in [5.74, 6) is 1.36. The monoisotopic (exact) mass is 342 g/mol. The van der Waals surface area contributed by atoms with Crippen molar-refractivity contribution in [2.75, 3.05) is 23.8 Å². The Bertz CT molecular complexity index is 686. The molecule has 0 aliphatic rings. The van der Waals surface area contributed by atoms with E-state index in [1.807, 2.05) is 62.4 Å². The van der Waals surface area contributed by atoms with Crippen molar-refractivity contribution < 1.29 is 14.3 Å². The minimum atomic E-state index is -0.132. The summed E-state index contributed by atoms with van der Waals surface area (Å²) in [5.41, 5.74) is 1.51. The van der Waals surface area contributed by atoms with Crippen molar-refractivity contribution in [3.8, 4) is 11.5 Å². The molecule has 25 heavy (non-hydrogen) atoms. The summed E-state index contributed by atoms with van der Waals surface area (Å²) in [4.78, 5) is 12.2. The van der Waals surface area contributed by atoms with Crippen LogP contribution >= 0.6 is 0 Å². The van der Waals surface area contributed by atoms with Gasteiger partial charge in [0, 0.05) is 11.8 Å². The van der Waals surface area contributed by atoms with Crippen LogP contribution in [0.3, 0.4) is 0 Å². The van der Waals surface area contributed by atoms with E-state index in [1.165, 1.54) is 0 Å². The number of carbonyl (C=O) groups excluding carboxylic acids is 1. The van der Waals surface area contributed by atoms with E-state index in [0.717, 1.165) is 23.6 Å². The Hall–Kier alpha value is -2.69. The van der Waals surface area contributed by atoms with E-state index in [0.29, 0.717) is 12.3 Å². The number of amides is 1. The van der Waals surface area contributed by atoms with Crippen LogP contribution in [0.4, 0.5) is 11.4 Å². The highest BCUT2D eigenvalue weighted by Crippen LogP contribution is 2.24. The van der Waals surface area contributed by atoms with Crippen LogP contribution in [0.5, 0.6) is 11.5 Å². The van der Waals surface area contributed by atoms with Gasteiger partial charge in [0.15, 0.2) is 0 Å². The molecule has 1 amide bonds. The van der Waals surface area contributed by atoms with Crippen LogP contribution in [0.1, 0.15) is 27.2 Å². The normalized spacial score (nSPS) is 10.4. The summed E-state index contributed by atoms with van der Waals surface area (Å²) in [6.45, 7) is 6.80. The average molecular weight is 342 g/mol. The van der Waals surface area contributed by atoms with Gasteiger partial charge >= 0.3 is 0 Å². The van der Waals surface area contributed by atoms with Crippen molar-refractivity contribution in [3.63, 3.8) is 0 Å². The van der Waals surface area contributed by atoms with Gasteiger partial charge in [-0.25, -0.2) is 0 Å². The Balaban J connectivity index is 1.91. The van der Waals surface area contributed by atoms with Gasteiger partial charge in [-0.15, -0.1) is 0 Å². The molecule has 0 aromatic heterocycles. The third-order valence-corrected chi connectivity index (χ3v) is 3.28. The van der Waals surface area contributed by atoms with Crippen LogP contribution < -0.4 is 20.1 Å². The fourth-order valence-corrected chi connectivity index (χ4v) is 2.23. The third-order valence-electron chi connectivity index (χ3n) is 3.28. The molecule has 0 fully saturated rings. The molecule has 0 spiro atoms. The maximum absolute atomic E-state index is 12.2. The summed E-state index contributed by atoms with van der Waals surface area (Å²) in [6, 6.07) is 15.0. The highest BCUT2D eigenvalue weighted by Gasteiger charge is 2.08. The third kappa shape index (κ3) is 6.37. The van der Waals surface area contributed by atoms with Crippen molar-refractivity contribution in [1.29, 1.82) is 0 Å². The Morgan fingerprint density at radius 1 is 1.12 bits per heavy atom. The Morgan fingerprint density at radius 2 is 1.92 bits per heavy atom. The molecular weight excluding hydrogens is 316 g/mol. The quantitative estimate of drug-likeness (QED) is 0.713. The zero-order chi connectivity index (χ0) is 18.1. The second-order valence-corrected chi connectivity index (χ2v) is 5.94. The molecule has 0 saturated carbocycles. The lowest BCUT2D eigenvalue weighted by Gasteiger charge is -2.15. The van der Waals surface area contributed by atoms with Gasteiger partial charge < -0.3 is 20.1 Å². The Morgan fingerprint density at radius 3 is 2.68 bits per heavy atom. The summed E-state index contributed by atoms with van der Waals surface area (Å²) < 4.78 is 11.3. The molecule has 0 saturated heterocycles. The van der Waals surface area contributed by atoms with Crippen LogP contribution in [-0.4, -0.2) is 25.2 Å². The lowest BCUT2D eigenvalue weighted by Crippen LogP contribution is -2.22. The van der Waals surface area contributed by atoms with Gasteiger partial charge in [-0.3, -0.25) is 4.79 Å². The fourth-order valence-electron chi connectivity index (χ4n) is 2.23. The number of nitrogens with one attached hydrogen (secondary N) is 2. The van der Waals surface area contributed by atoms with Crippen molar-refractivity contribution >= 4 is 17.3 Å². The van der Waals surface area contributed by atoms with E-state index in [-0.39, 0.29) is 18.6 Å². The van der Waals surface area contributed by atoms with E-state index in [9.17, 15) is 4.79 Å². The van der Waals surface area contributed by atoms with Crippen LogP contribution in [0, 0.1) is 0 Å². The maximum Gasteiger partial charge on any atom is 0.243 e. The molecule has 5 nitrogen and oxygen atoms in total. The molecule has 0 aliphatic heterocycles. The second-order valence-electron chi connectivity index (χ2n) is 5.94. The topological polar surface area (TPSA) is 59.6 Å². The van der Waals surface area contributed by atoms with Gasteiger partial charge in [0.2, 0.25) is 5.91 Å². The smallest absolute Gasteiger partial charge is 0.243 e. The highest BCUT2D eigenvalue weighted by atomic mass is 16.5. The highest BCUT2D eigenvalue weighted by molar-refractivity contribution is 5.94. The molecule has 0 unspecified atom stereocenters. The predicted molar refractivity (Wildman–Crippen MR) is 102 cm³/mol. The largest absolute Gasteiger partial charge is 0.494 e. The van der Waals surface area contributed by atoms with Gasteiger partial charge in [0.05, 0.1) is 24.9 Å². The molecule has 5 heteroatoms. The van der Waals surface area contributed by atoms with Crippen molar-refractivity contribution in [1.82, 2.24) is 0 Å². The first-order valence-corrected chi connectivity index (χ1v) is 8.60. The van der Waals surface area contributed by atoms with E-state index in [2.05, 4.69) is 17.6 Å². The van der Waals surface area contributed by atoms with E-state index in [4.69, 9.17) is 9.47 Å². The van der Waals surface area contributed by atoms with Gasteiger partial charge in [-0.2, -0.15) is 0 Å². The molecule has 0 aliphatic carbocycles. The van der Waals surface area contributed by atoms with E-state index in [1.54, 1.807) is 0 Å². The number of hydrogen-bond donors (Lipinski definition) is 2. The van der Waals surface area contributed by atoms with Gasteiger partial charge in [-0.05, 0) is 44.5 Å². The standard InChI is InChI=1S/C20H26N2O3/c1-4-12-24-17-9-7-8-16(13-17)22-20(23)14-21-18-10-5-6-11-19(18)25-15(2)3/h5-11,13,15,21H,4,12,14H2,1-3H3,(H,22,23). The molecule has 0 heterocycles. The number of benzene rings is 2. The summed E-state index contributed by atoms with van der Waals surface area (Å²) >= 11 is 0. The number of carbonyl (C=O) groups is 1. The lowest BCUT2D eigenvalue weighted by atomic mass is 10.2. The SMILES string of the molecule is CCCOc1cccc(NC(=O)CNc2ccccc2OC(C)C)c1. The van der Waals surface area contributed by atoms with Crippen LogP contribution in [0.25, 0.3) is 0 Å². The summed E-state index contributed by atoms with van der Waals surface area (Å²) in [7, 11) is 0. The first-order chi connectivity index (χ1) is 12.1. The molecule has 2 aromatic rings. The molecule has 2 rings (SSSR count). The van der Waals surface area contributed by atoms with Crippen LogP contribution in [0.2, 0.25) is 0 Å². The zero-order valence-corrected chi connectivity index (χ0v) is 15.0. The van der Waals surface area contributed by atoms with Crippen molar-refractivity contribution in [2.45, 2.75) is 33.3 Å². The molecule has 0 atom stereocenters. The van der Waals surface area contributed by atoms with Crippen LogP contribution in [-0.2, 0) is 4.79 Å². The lowest BCUT2D eigenvalue weighted by molar-refractivity contribution is -0.114. The molecule has 134 valence electrons. The molecule has 2 aromatic carbocycles. The minimum Gasteiger partial charge on any atom is -0.494 e. The van der Waals surface area contributed by atoms with Gasteiger partial charge in [0.1, 0.15) is 11.5 Å². The van der Waals surface area contributed by atoms with E-state index < -0.39 is 0 Å². The first-order valence-electron chi connectivity index (χ1n) is 8.60. The van der Waals surface area contributed by atoms with Crippen LogP contribution in [0.15, 0.2) is 48.5 Å². The Labute approximate surface area is 149 Å². The number of rotatable bonds is 9. The summed E-state index contributed by atoms with van der Waals surface area (Å²) in [6.07, 6.45) is 1.01. The molecular formula is C20H26N2O3. The van der Waals surface area contributed by atoms with E-state index >= 15 is 0 Å². The average Bonchev–Trinajstić information content (AvgIpc) is 2.59. The molecule has 0 radical (unpaired) electrons. The summed E-state index contributed by atoms with van der Waals surface area (Å²) in [5, 5.41) is 5.99. The van der Waals surface area contributed by atoms with Gasteiger partial charge in [0.25, 0.3) is 0 Å². The second kappa shape index (κ2) is 9.57. The maximum atomic E-state index is 12.2. The minimum absolute atomic E-state index is 0.0719. The zero-order valence-electron chi connectivity index (χ0n) is 15.0. The predicted octanol–water partition coefficient (Wildman–Crippen LogP) is 4.31. The number of anilines is 2. The van der Waals surface area contributed by atoms with Crippen molar-refractivity contribution in [2.24, 2.45) is 0 Å². The molecule has 0 bridgehead atoms. The fraction of sp³-hybridized carbons (Fsp3) is 0.350.